The minimum atomic E-state index is -0.488. The molecule has 0 saturated carbocycles. The van der Waals surface area contributed by atoms with E-state index in [-0.39, 0.29) is 0 Å². The number of aryl methyl sites for hydroxylation is 2. The maximum absolute atomic E-state index is 10.5. The smallest absolute Gasteiger partial charge is 0.117 e. The third-order valence-electron chi connectivity index (χ3n) is 3.88. The van der Waals surface area contributed by atoms with Crippen molar-refractivity contribution in [3.05, 3.63) is 64.0 Å². The fourth-order valence-corrected chi connectivity index (χ4v) is 3.59. The van der Waals surface area contributed by atoms with Crippen LogP contribution >= 0.6 is 11.3 Å². The van der Waals surface area contributed by atoms with Gasteiger partial charge in [0.2, 0.25) is 0 Å². The van der Waals surface area contributed by atoms with Crippen LogP contribution in [0.5, 0.6) is 0 Å². The fraction of sp³-hybridized carbons (Fsp3) is 0.389. The van der Waals surface area contributed by atoms with Crippen LogP contribution in [-0.2, 0) is 19.6 Å². The van der Waals surface area contributed by atoms with Crippen molar-refractivity contribution in [3.63, 3.8) is 0 Å². The first-order valence-corrected chi connectivity index (χ1v) is 8.94. The van der Waals surface area contributed by atoms with Gasteiger partial charge in [0, 0.05) is 23.7 Å². The van der Waals surface area contributed by atoms with E-state index in [0.717, 1.165) is 23.7 Å². The Balaban J connectivity index is 1.64. The van der Waals surface area contributed by atoms with Gasteiger partial charge < -0.3 is 9.52 Å². The first-order chi connectivity index (χ1) is 11.6. The van der Waals surface area contributed by atoms with Gasteiger partial charge in [-0.1, -0.05) is 6.07 Å². The Hall–Kier alpha value is -1.89. The van der Waals surface area contributed by atoms with Gasteiger partial charge in [-0.2, -0.15) is 5.10 Å². The third kappa shape index (κ3) is 4.56. The number of aliphatic hydroxyl groups excluding tert-OH is 1. The molecule has 128 valence electrons. The number of aliphatic hydroxyl groups is 1. The fourth-order valence-electron chi connectivity index (χ4n) is 2.85. The second-order valence-electron chi connectivity index (χ2n) is 6.09. The van der Waals surface area contributed by atoms with Gasteiger partial charge in [-0.15, -0.1) is 11.3 Å². The Labute approximate surface area is 146 Å². The Morgan fingerprint density at radius 1 is 1.29 bits per heavy atom. The van der Waals surface area contributed by atoms with Gasteiger partial charge >= 0.3 is 0 Å². The summed E-state index contributed by atoms with van der Waals surface area (Å²) in [6, 6.07) is 10.1. The lowest BCUT2D eigenvalue weighted by Gasteiger charge is -2.24. The Morgan fingerprint density at radius 2 is 2.17 bits per heavy atom. The highest BCUT2D eigenvalue weighted by molar-refractivity contribution is 7.09. The lowest BCUT2D eigenvalue weighted by molar-refractivity contribution is 0.0844. The van der Waals surface area contributed by atoms with E-state index in [4.69, 9.17) is 4.42 Å². The van der Waals surface area contributed by atoms with Gasteiger partial charge in [0.05, 0.1) is 31.2 Å². The zero-order valence-corrected chi connectivity index (χ0v) is 14.9. The Morgan fingerprint density at radius 3 is 2.79 bits per heavy atom. The van der Waals surface area contributed by atoms with Crippen LogP contribution in [0.15, 0.2) is 46.4 Å². The first-order valence-electron chi connectivity index (χ1n) is 8.06. The zero-order valence-electron chi connectivity index (χ0n) is 14.1. The molecule has 0 spiro atoms. The second kappa shape index (κ2) is 7.79. The number of hydrogen-bond acceptors (Lipinski definition) is 5. The van der Waals surface area contributed by atoms with Crippen molar-refractivity contribution in [1.29, 1.82) is 0 Å². The SMILES string of the molecule is Cc1cc(C)n(C[C@@H](O)CN(Cc2ccco2)Cc2cccs2)n1. The number of hydrogen-bond donors (Lipinski definition) is 1. The summed E-state index contributed by atoms with van der Waals surface area (Å²) in [4.78, 5) is 3.49. The van der Waals surface area contributed by atoms with Gasteiger partial charge in [-0.25, -0.2) is 0 Å². The molecule has 24 heavy (non-hydrogen) atoms. The average molecular weight is 345 g/mol. The van der Waals surface area contributed by atoms with Crippen LogP contribution < -0.4 is 0 Å². The van der Waals surface area contributed by atoms with Crippen LogP contribution in [0.1, 0.15) is 22.0 Å². The molecule has 0 aliphatic heterocycles. The summed E-state index contributed by atoms with van der Waals surface area (Å²) in [5.41, 5.74) is 2.05. The van der Waals surface area contributed by atoms with Crippen molar-refractivity contribution in [2.45, 2.75) is 39.6 Å². The summed E-state index contributed by atoms with van der Waals surface area (Å²) < 4.78 is 7.34. The Bertz CT molecular complexity index is 698. The molecule has 0 bridgehead atoms. The molecular formula is C18H23N3O2S. The van der Waals surface area contributed by atoms with Crippen LogP contribution in [0.2, 0.25) is 0 Å². The largest absolute Gasteiger partial charge is 0.468 e. The summed E-state index contributed by atoms with van der Waals surface area (Å²) in [6.45, 7) is 6.52. The summed E-state index contributed by atoms with van der Waals surface area (Å²) in [6.07, 6.45) is 1.20. The van der Waals surface area contributed by atoms with Crippen LogP contribution in [0.3, 0.4) is 0 Å². The number of rotatable bonds is 8. The highest BCUT2D eigenvalue weighted by atomic mass is 32.1. The molecule has 3 aromatic heterocycles. The zero-order chi connectivity index (χ0) is 16.9. The summed E-state index contributed by atoms with van der Waals surface area (Å²) in [5, 5.41) is 17.0. The van der Waals surface area contributed by atoms with E-state index in [2.05, 4.69) is 27.5 Å². The normalized spacial score (nSPS) is 12.8. The second-order valence-corrected chi connectivity index (χ2v) is 7.12. The third-order valence-corrected chi connectivity index (χ3v) is 4.74. The highest BCUT2D eigenvalue weighted by Crippen LogP contribution is 2.15. The molecule has 3 aromatic rings. The molecule has 0 saturated heterocycles. The Kier molecular flexibility index (Phi) is 5.50. The van der Waals surface area contributed by atoms with Crippen molar-refractivity contribution < 1.29 is 9.52 Å². The highest BCUT2D eigenvalue weighted by Gasteiger charge is 2.16. The van der Waals surface area contributed by atoms with E-state index in [1.165, 1.54) is 4.88 Å². The van der Waals surface area contributed by atoms with Crippen molar-refractivity contribution in [2.24, 2.45) is 0 Å². The molecule has 5 nitrogen and oxygen atoms in total. The molecule has 3 rings (SSSR count). The van der Waals surface area contributed by atoms with Crippen LogP contribution in [-0.4, -0.2) is 32.4 Å². The van der Waals surface area contributed by atoms with Gasteiger partial charge in [0.1, 0.15) is 5.76 Å². The maximum Gasteiger partial charge on any atom is 0.117 e. The summed E-state index contributed by atoms with van der Waals surface area (Å²) in [5.74, 6) is 0.907. The van der Waals surface area contributed by atoms with Crippen LogP contribution in [0, 0.1) is 13.8 Å². The molecule has 0 unspecified atom stereocenters. The topological polar surface area (TPSA) is 54.4 Å². The van der Waals surface area contributed by atoms with Gasteiger partial charge in [-0.05, 0) is 43.5 Å². The average Bonchev–Trinajstić information content (AvgIpc) is 3.24. The lowest BCUT2D eigenvalue weighted by atomic mass is 10.2. The maximum atomic E-state index is 10.5. The quantitative estimate of drug-likeness (QED) is 0.681. The van der Waals surface area contributed by atoms with E-state index in [9.17, 15) is 5.11 Å². The van der Waals surface area contributed by atoms with E-state index in [0.29, 0.717) is 19.6 Å². The molecule has 0 amide bonds. The van der Waals surface area contributed by atoms with E-state index >= 15 is 0 Å². The summed E-state index contributed by atoms with van der Waals surface area (Å²) in [7, 11) is 0. The van der Waals surface area contributed by atoms with E-state index < -0.39 is 6.10 Å². The van der Waals surface area contributed by atoms with E-state index in [1.807, 2.05) is 36.7 Å². The van der Waals surface area contributed by atoms with Crippen molar-refractivity contribution in [1.82, 2.24) is 14.7 Å². The molecule has 1 atom stereocenters. The van der Waals surface area contributed by atoms with Crippen molar-refractivity contribution >= 4 is 11.3 Å². The molecule has 0 aromatic carbocycles. The van der Waals surface area contributed by atoms with E-state index in [1.54, 1.807) is 17.6 Å². The van der Waals surface area contributed by atoms with Gasteiger partial charge in [0.25, 0.3) is 0 Å². The standard InChI is InChI=1S/C18H23N3O2S/c1-14-9-15(2)21(19-14)11-16(22)10-20(12-17-5-3-7-23-17)13-18-6-4-8-24-18/h3-9,16,22H,10-13H2,1-2H3/t16-/m0/s1. The molecule has 1 N–H and O–H groups in total. The minimum Gasteiger partial charge on any atom is -0.468 e. The first kappa shape index (κ1) is 17.0. The number of aromatic nitrogens is 2. The van der Waals surface area contributed by atoms with Crippen LogP contribution in [0.25, 0.3) is 0 Å². The summed E-state index contributed by atoms with van der Waals surface area (Å²) >= 11 is 1.73. The van der Waals surface area contributed by atoms with Crippen molar-refractivity contribution in [2.75, 3.05) is 6.54 Å². The van der Waals surface area contributed by atoms with Gasteiger partial charge in [0.15, 0.2) is 0 Å². The predicted octanol–water partition coefficient (Wildman–Crippen LogP) is 3.22. The molecule has 0 fully saturated rings. The molecule has 0 radical (unpaired) electrons. The molecule has 0 aliphatic carbocycles. The minimum absolute atomic E-state index is 0.488. The molecular weight excluding hydrogens is 322 g/mol. The molecule has 6 heteroatoms. The molecule has 3 heterocycles. The van der Waals surface area contributed by atoms with Gasteiger partial charge in [-0.3, -0.25) is 9.58 Å². The number of nitrogens with zero attached hydrogens (tertiary/aromatic N) is 3. The monoisotopic (exact) mass is 345 g/mol. The van der Waals surface area contributed by atoms with Crippen LogP contribution in [0.4, 0.5) is 0 Å². The van der Waals surface area contributed by atoms with Crippen molar-refractivity contribution in [3.8, 4) is 0 Å². The molecule has 0 aliphatic rings. The number of furan rings is 1. The lowest BCUT2D eigenvalue weighted by Crippen LogP contribution is -2.34. The number of thiophene rings is 1. The predicted molar refractivity (Wildman–Crippen MR) is 94.8 cm³/mol.